The Kier molecular flexibility index (Phi) is 18.7. The Morgan fingerprint density at radius 3 is 1.43 bits per heavy atom. The van der Waals surface area contributed by atoms with Crippen LogP contribution < -0.4 is 37.2 Å². The molecule has 3 aromatic carbocycles. The zero-order valence-corrected chi connectivity index (χ0v) is 42.1. The summed E-state index contributed by atoms with van der Waals surface area (Å²) < 4.78 is 0. The highest BCUT2D eigenvalue weighted by Gasteiger charge is 2.46. The van der Waals surface area contributed by atoms with Crippen molar-refractivity contribution in [1.29, 1.82) is 0 Å². The number of anilines is 2. The van der Waals surface area contributed by atoms with Crippen molar-refractivity contribution in [2.24, 2.45) is 17.8 Å². The first kappa shape index (κ1) is 53.3. The Morgan fingerprint density at radius 1 is 0.542 bits per heavy atom. The lowest BCUT2D eigenvalue weighted by Crippen LogP contribution is -2.57. The van der Waals surface area contributed by atoms with Gasteiger partial charge in [0.1, 0.15) is 24.2 Å². The Hall–Kier alpha value is -6.46. The number of amides is 7. The molecule has 0 aromatic heterocycles. The summed E-state index contributed by atoms with van der Waals surface area (Å²) in [5, 5.41) is 20.8. The third-order valence-corrected chi connectivity index (χ3v) is 15.2. The van der Waals surface area contributed by atoms with Gasteiger partial charge in [0.05, 0.1) is 12.1 Å². The van der Waals surface area contributed by atoms with E-state index in [4.69, 9.17) is 0 Å². The quantitative estimate of drug-likeness (QED) is 0.0813. The number of hydrogen-bond acceptors (Lipinski definition) is 10. The number of nitrogens with zero attached hydrogens (tertiary/aromatic N) is 2. The van der Waals surface area contributed by atoms with Crippen molar-refractivity contribution in [1.82, 2.24) is 36.4 Å². The van der Waals surface area contributed by atoms with E-state index in [2.05, 4.69) is 37.2 Å². The van der Waals surface area contributed by atoms with Crippen LogP contribution in [0.2, 0.25) is 0 Å². The first-order valence-electron chi connectivity index (χ1n) is 26.0. The maximum atomic E-state index is 14.7. The molecule has 4 aliphatic rings. The number of rotatable bonds is 19. The summed E-state index contributed by atoms with van der Waals surface area (Å²) in [5.74, 6) is -3.30. The van der Waals surface area contributed by atoms with Crippen LogP contribution in [0.1, 0.15) is 118 Å². The molecule has 17 nitrogen and oxygen atoms in total. The fourth-order valence-corrected chi connectivity index (χ4v) is 10.8. The van der Waals surface area contributed by atoms with E-state index in [9.17, 15) is 38.4 Å². The van der Waals surface area contributed by atoms with Crippen LogP contribution in [-0.2, 0) is 28.8 Å². The van der Waals surface area contributed by atoms with E-state index in [0.717, 1.165) is 64.2 Å². The van der Waals surface area contributed by atoms with Crippen molar-refractivity contribution < 1.29 is 38.4 Å². The molecule has 3 aromatic rings. The average Bonchev–Trinajstić information content (AvgIpc) is 4.04. The summed E-state index contributed by atoms with van der Waals surface area (Å²) in [4.78, 5) is 115. The maximum absolute atomic E-state index is 14.7. The van der Waals surface area contributed by atoms with Crippen LogP contribution in [0.4, 0.5) is 11.4 Å². The Morgan fingerprint density at radius 2 is 0.972 bits per heavy atom. The standard InChI is InChI=1S/C55H73N9O8/c1-34(56-3)49(66)61-47(38-17-9-5-10-18-38)54(71)63-32-36(29-44(63)52(69)58-41-21-13-7-14-22-41)30-46(65)37-25-27-40(28-26-37)51(68)60-43-31-45(53(70)59-42-23-15-8-16-24-42)64(33-43)55(72)48(39-19-11-6-12-20-39)62-50(67)35(2)57-4/h7-8,13-16,21-28,34-36,38-39,43-45,47-48,56-57H,5-6,9-12,17-20,29-33H2,1-4H3,(H,58,69)(H,59,70)(H,60,68)(H,61,66)(H,62,67)/t34-,35-,36+,43-,44-,45-,47-,48-/m0/s1. The molecule has 17 heteroatoms. The first-order valence-corrected chi connectivity index (χ1v) is 26.0. The predicted molar refractivity (Wildman–Crippen MR) is 275 cm³/mol. The van der Waals surface area contributed by atoms with E-state index < -0.39 is 54.1 Å². The number of ketones is 1. The summed E-state index contributed by atoms with van der Waals surface area (Å²) in [6.07, 6.45) is 9.35. The number of carbonyl (C=O) groups is 8. The SMILES string of the molecule is CN[C@@H](C)C(=O)N[C@H](C(=O)N1C[C@@H](CC(=O)c2ccc(C(=O)N[C@H]3C[C@@H](C(=O)Nc4ccccc4)N(C(=O)[C@@H](NC(=O)[C@H](C)NC)C4CCCCC4)C3)cc2)C[C@H]1C(=O)Nc1ccccc1)C1CCCCC1. The molecule has 2 heterocycles. The number of likely N-dealkylation sites (tertiary alicyclic amines) is 2. The number of Topliss-reactive ketones (excluding diaryl/α,β-unsaturated/α-hetero) is 1. The number of nitrogens with one attached hydrogen (secondary N) is 7. The van der Waals surface area contributed by atoms with E-state index >= 15 is 0 Å². The summed E-state index contributed by atoms with van der Waals surface area (Å²) in [7, 11) is 3.36. The molecular weight excluding hydrogens is 915 g/mol. The van der Waals surface area contributed by atoms with Crippen LogP contribution in [0.5, 0.6) is 0 Å². The minimum atomic E-state index is -0.933. The molecule has 386 valence electrons. The van der Waals surface area contributed by atoms with Crippen LogP contribution in [-0.4, -0.2) is 126 Å². The van der Waals surface area contributed by atoms with Gasteiger partial charge in [0, 0.05) is 48.1 Å². The van der Waals surface area contributed by atoms with Crippen molar-refractivity contribution in [3.63, 3.8) is 0 Å². The largest absolute Gasteiger partial charge is 0.347 e. The second kappa shape index (κ2) is 25.3. The molecule has 7 rings (SSSR count). The lowest BCUT2D eigenvalue weighted by Gasteiger charge is -2.35. The molecule has 0 bridgehead atoms. The van der Waals surface area contributed by atoms with Gasteiger partial charge >= 0.3 is 0 Å². The van der Waals surface area contributed by atoms with Crippen LogP contribution in [0.25, 0.3) is 0 Å². The van der Waals surface area contributed by atoms with Crippen LogP contribution >= 0.6 is 0 Å². The molecule has 4 fully saturated rings. The molecule has 0 unspecified atom stereocenters. The molecule has 2 saturated carbocycles. The summed E-state index contributed by atoms with van der Waals surface area (Å²) in [6, 6.07) is 19.0. The van der Waals surface area contributed by atoms with E-state index in [-0.39, 0.29) is 91.0 Å². The lowest BCUT2D eigenvalue weighted by molar-refractivity contribution is -0.142. The van der Waals surface area contributed by atoms with Gasteiger partial charge in [-0.15, -0.1) is 0 Å². The molecule has 2 aliphatic heterocycles. The minimum Gasteiger partial charge on any atom is -0.347 e. The number of para-hydroxylation sites is 2. The van der Waals surface area contributed by atoms with E-state index in [1.165, 1.54) is 4.90 Å². The lowest BCUT2D eigenvalue weighted by atomic mass is 9.83. The molecule has 7 N–H and O–H groups in total. The van der Waals surface area contributed by atoms with Gasteiger partial charge in [-0.1, -0.05) is 87.1 Å². The van der Waals surface area contributed by atoms with Crippen molar-refractivity contribution >= 4 is 58.5 Å². The van der Waals surface area contributed by atoms with Gasteiger partial charge in [-0.2, -0.15) is 0 Å². The van der Waals surface area contributed by atoms with Crippen LogP contribution in [0, 0.1) is 17.8 Å². The van der Waals surface area contributed by atoms with E-state index in [1.54, 1.807) is 106 Å². The topological polar surface area (TPSA) is 227 Å². The number of likely N-dealkylation sites (N-methyl/N-ethyl adjacent to an activating group) is 2. The summed E-state index contributed by atoms with van der Waals surface area (Å²) in [5.41, 5.74) is 1.77. The molecule has 8 atom stereocenters. The highest BCUT2D eigenvalue weighted by atomic mass is 16.2. The second-order valence-electron chi connectivity index (χ2n) is 20.2. The highest BCUT2D eigenvalue weighted by molar-refractivity contribution is 6.02. The zero-order chi connectivity index (χ0) is 51.3. The zero-order valence-electron chi connectivity index (χ0n) is 42.1. The molecule has 2 aliphatic carbocycles. The first-order chi connectivity index (χ1) is 34.7. The predicted octanol–water partition coefficient (Wildman–Crippen LogP) is 4.80. The highest BCUT2D eigenvalue weighted by Crippen LogP contribution is 2.34. The van der Waals surface area contributed by atoms with Gasteiger partial charge in [0.25, 0.3) is 5.91 Å². The van der Waals surface area contributed by atoms with Gasteiger partial charge in [0.2, 0.25) is 35.4 Å². The fraction of sp³-hybridized carbons (Fsp3) is 0.527. The minimum absolute atomic E-state index is 0.0379. The maximum Gasteiger partial charge on any atom is 0.251 e. The molecule has 7 amide bonds. The molecule has 2 saturated heterocycles. The normalized spacial score (nSPS) is 22.2. The summed E-state index contributed by atoms with van der Waals surface area (Å²) in [6.45, 7) is 3.64. The molecular formula is C55H73N9O8. The number of carbonyl (C=O) groups excluding carboxylic acids is 8. The summed E-state index contributed by atoms with van der Waals surface area (Å²) >= 11 is 0. The van der Waals surface area contributed by atoms with Crippen molar-refractivity contribution in [3.05, 3.63) is 96.1 Å². The smallest absolute Gasteiger partial charge is 0.251 e. The average molecular weight is 988 g/mol. The fourth-order valence-electron chi connectivity index (χ4n) is 10.8. The second-order valence-corrected chi connectivity index (χ2v) is 20.2. The number of hydrogen-bond donors (Lipinski definition) is 7. The Labute approximate surface area is 423 Å². The monoisotopic (exact) mass is 988 g/mol. The van der Waals surface area contributed by atoms with E-state index in [1.807, 2.05) is 12.1 Å². The molecule has 0 spiro atoms. The van der Waals surface area contributed by atoms with E-state index in [0.29, 0.717) is 16.9 Å². The van der Waals surface area contributed by atoms with Gasteiger partial charge in [-0.3, -0.25) is 38.4 Å². The Bertz CT molecular complexity index is 2210. The van der Waals surface area contributed by atoms with Gasteiger partial charge in [-0.05, 0) is 121 Å². The number of benzene rings is 3. The van der Waals surface area contributed by atoms with Gasteiger partial charge < -0.3 is 47.0 Å². The molecule has 0 radical (unpaired) electrons. The van der Waals surface area contributed by atoms with Crippen molar-refractivity contribution in [2.45, 2.75) is 140 Å². The van der Waals surface area contributed by atoms with Crippen LogP contribution in [0.15, 0.2) is 84.9 Å². The third-order valence-electron chi connectivity index (χ3n) is 15.2. The van der Waals surface area contributed by atoms with Crippen LogP contribution in [0.3, 0.4) is 0 Å². The van der Waals surface area contributed by atoms with Gasteiger partial charge in [-0.25, -0.2) is 0 Å². The van der Waals surface area contributed by atoms with Gasteiger partial charge in [0.15, 0.2) is 5.78 Å². The third kappa shape index (κ3) is 13.5. The molecule has 72 heavy (non-hydrogen) atoms. The Balaban J connectivity index is 1.04. The van der Waals surface area contributed by atoms with Crippen molar-refractivity contribution in [3.8, 4) is 0 Å². The van der Waals surface area contributed by atoms with Crippen molar-refractivity contribution in [2.75, 3.05) is 37.8 Å².